The second kappa shape index (κ2) is 8.35. The Balaban J connectivity index is 1.47. The number of carbonyl (C=O) groups excluding carboxylic acids is 1. The molecule has 6 nitrogen and oxygen atoms in total. The molecule has 0 atom stereocenters. The van der Waals surface area contributed by atoms with Crippen molar-refractivity contribution in [1.29, 1.82) is 0 Å². The van der Waals surface area contributed by atoms with E-state index in [2.05, 4.69) is 20.8 Å². The van der Waals surface area contributed by atoms with Crippen LogP contribution in [0.25, 0.3) is 16.7 Å². The molecular weight excluding hydrogens is 448 g/mol. The Bertz CT molecular complexity index is 1280. The molecule has 2 N–H and O–H groups in total. The van der Waals surface area contributed by atoms with Crippen molar-refractivity contribution in [1.82, 2.24) is 20.3 Å². The lowest BCUT2D eigenvalue weighted by Crippen LogP contribution is -2.34. The number of anilines is 1. The highest BCUT2D eigenvalue weighted by Crippen LogP contribution is 2.22. The Hall–Kier alpha value is -3.07. The predicted octanol–water partition coefficient (Wildman–Crippen LogP) is 4.99. The molecule has 0 unspecified atom stereocenters. The number of fused-ring (bicyclic) bond motifs is 1. The van der Waals surface area contributed by atoms with Crippen molar-refractivity contribution >= 4 is 63.2 Å². The molecule has 1 amide bonds. The molecular formula is C20H12Cl2FN5OS. The fourth-order valence-corrected chi connectivity index (χ4v) is 3.17. The minimum absolute atomic E-state index is 0.108. The Morgan fingerprint density at radius 2 is 1.67 bits per heavy atom. The lowest BCUT2D eigenvalue weighted by atomic mass is 10.2. The van der Waals surface area contributed by atoms with Gasteiger partial charge in [0.25, 0.3) is 5.91 Å². The van der Waals surface area contributed by atoms with Crippen molar-refractivity contribution < 1.29 is 9.18 Å². The van der Waals surface area contributed by atoms with E-state index < -0.39 is 5.91 Å². The number of rotatable bonds is 3. The smallest absolute Gasteiger partial charge is 0.257 e. The molecule has 4 rings (SSSR count). The summed E-state index contributed by atoms with van der Waals surface area (Å²) in [6.07, 6.45) is 0. The highest BCUT2D eigenvalue weighted by atomic mass is 35.5. The number of nitrogens with one attached hydrogen (secondary N) is 2. The second-order valence-corrected chi connectivity index (χ2v) is 7.43. The normalized spacial score (nSPS) is 10.8. The minimum Gasteiger partial charge on any atom is -0.332 e. The zero-order chi connectivity index (χ0) is 21.3. The predicted molar refractivity (Wildman–Crippen MR) is 119 cm³/mol. The summed E-state index contributed by atoms with van der Waals surface area (Å²) in [6.45, 7) is 0. The number of hydrogen-bond donors (Lipinski definition) is 2. The maximum absolute atomic E-state index is 13.1. The average molecular weight is 460 g/mol. The molecule has 0 spiro atoms. The van der Waals surface area contributed by atoms with Crippen LogP contribution in [-0.4, -0.2) is 26.0 Å². The Kier molecular flexibility index (Phi) is 5.63. The largest absolute Gasteiger partial charge is 0.332 e. The lowest BCUT2D eigenvalue weighted by Gasteiger charge is -2.10. The first-order valence-corrected chi connectivity index (χ1v) is 9.76. The lowest BCUT2D eigenvalue weighted by molar-refractivity contribution is 0.0977. The van der Waals surface area contributed by atoms with Crippen LogP contribution in [0, 0.1) is 5.82 Å². The van der Waals surface area contributed by atoms with Gasteiger partial charge in [-0.05, 0) is 72.9 Å². The van der Waals surface area contributed by atoms with Gasteiger partial charge in [0.15, 0.2) is 5.11 Å². The first-order valence-electron chi connectivity index (χ1n) is 8.59. The van der Waals surface area contributed by atoms with Crippen molar-refractivity contribution in [3.05, 3.63) is 82.1 Å². The van der Waals surface area contributed by atoms with Crippen LogP contribution < -0.4 is 10.6 Å². The molecule has 150 valence electrons. The SMILES string of the molecule is O=C(NC(=S)Nc1ccc2nn(-c3ccc(F)cc3)nc2c1)c1ccc(Cl)c(Cl)c1. The molecule has 0 saturated heterocycles. The topological polar surface area (TPSA) is 71.8 Å². The molecule has 0 bridgehead atoms. The molecule has 0 aliphatic heterocycles. The van der Waals surface area contributed by atoms with Gasteiger partial charge in [-0.15, -0.1) is 10.2 Å². The van der Waals surface area contributed by atoms with Crippen LogP contribution >= 0.6 is 35.4 Å². The minimum atomic E-state index is -0.422. The number of aromatic nitrogens is 3. The Morgan fingerprint density at radius 1 is 0.933 bits per heavy atom. The van der Waals surface area contributed by atoms with E-state index in [9.17, 15) is 9.18 Å². The maximum atomic E-state index is 13.1. The Morgan fingerprint density at radius 3 is 2.40 bits per heavy atom. The fourth-order valence-electron chi connectivity index (χ4n) is 2.66. The van der Waals surface area contributed by atoms with Crippen molar-refractivity contribution in [2.24, 2.45) is 0 Å². The molecule has 0 radical (unpaired) electrons. The zero-order valence-corrected chi connectivity index (χ0v) is 17.4. The summed E-state index contributed by atoms with van der Waals surface area (Å²) >= 11 is 17.0. The molecule has 3 aromatic carbocycles. The van der Waals surface area contributed by atoms with Crippen LogP contribution in [-0.2, 0) is 0 Å². The third-order valence-corrected chi connectivity index (χ3v) is 5.05. The quantitative estimate of drug-likeness (QED) is 0.422. The highest BCUT2D eigenvalue weighted by Gasteiger charge is 2.11. The maximum Gasteiger partial charge on any atom is 0.257 e. The zero-order valence-electron chi connectivity index (χ0n) is 15.1. The van der Waals surface area contributed by atoms with E-state index in [1.807, 2.05) is 0 Å². The van der Waals surface area contributed by atoms with Crippen molar-refractivity contribution in [2.75, 3.05) is 5.32 Å². The van der Waals surface area contributed by atoms with Gasteiger partial charge in [-0.2, -0.15) is 4.80 Å². The van der Waals surface area contributed by atoms with Crippen molar-refractivity contribution in [3.63, 3.8) is 0 Å². The molecule has 0 saturated carbocycles. The van der Waals surface area contributed by atoms with Gasteiger partial charge in [0.05, 0.1) is 15.7 Å². The monoisotopic (exact) mass is 459 g/mol. The van der Waals surface area contributed by atoms with Gasteiger partial charge >= 0.3 is 0 Å². The van der Waals surface area contributed by atoms with Gasteiger partial charge in [-0.25, -0.2) is 4.39 Å². The van der Waals surface area contributed by atoms with Crippen LogP contribution in [0.15, 0.2) is 60.7 Å². The van der Waals surface area contributed by atoms with E-state index in [0.717, 1.165) is 0 Å². The number of halogens is 3. The number of thiocarbonyl (C=S) groups is 1. The van der Waals surface area contributed by atoms with Gasteiger partial charge in [0.1, 0.15) is 16.9 Å². The first-order chi connectivity index (χ1) is 14.4. The summed E-state index contributed by atoms with van der Waals surface area (Å²) in [5.74, 6) is -0.757. The highest BCUT2D eigenvalue weighted by molar-refractivity contribution is 7.80. The van der Waals surface area contributed by atoms with E-state index >= 15 is 0 Å². The number of carbonyl (C=O) groups is 1. The summed E-state index contributed by atoms with van der Waals surface area (Å²) in [5, 5.41) is 15.0. The van der Waals surface area contributed by atoms with Gasteiger partial charge < -0.3 is 5.32 Å². The van der Waals surface area contributed by atoms with E-state index in [-0.39, 0.29) is 16.0 Å². The summed E-state index contributed by atoms with van der Waals surface area (Å²) in [4.78, 5) is 13.7. The summed E-state index contributed by atoms with van der Waals surface area (Å²) in [5.41, 5.74) is 2.82. The van der Waals surface area contributed by atoms with Crippen LogP contribution in [0.2, 0.25) is 10.0 Å². The molecule has 1 aromatic heterocycles. The Labute approximate surface area is 185 Å². The number of benzene rings is 3. The molecule has 10 heteroatoms. The molecule has 30 heavy (non-hydrogen) atoms. The van der Waals surface area contributed by atoms with E-state index in [1.165, 1.54) is 29.1 Å². The number of nitrogens with zero attached hydrogens (tertiary/aromatic N) is 3. The standard InChI is InChI=1S/C20H12Cl2FN5OS/c21-15-7-1-11(9-16(15)22)19(29)25-20(30)24-13-4-8-17-18(10-13)27-28(26-17)14-5-2-12(23)3-6-14/h1-10H,(H2,24,25,29,30). The molecule has 0 aliphatic carbocycles. The van der Waals surface area contributed by atoms with Gasteiger partial charge in [0, 0.05) is 11.3 Å². The van der Waals surface area contributed by atoms with Crippen LogP contribution in [0.1, 0.15) is 10.4 Å². The first kappa shape index (κ1) is 20.2. The van der Waals surface area contributed by atoms with Crippen molar-refractivity contribution in [3.8, 4) is 5.69 Å². The van der Waals surface area contributed by atoms with E-state index in [1.54, 1.807) is 36.4 Å². The fraction of sp³-hybridized carbons (Fsp3) is 0. The van der Waals surface area contributed by atoms with Gasteiger partial charge in [0.2, 0.25) is 0 Å². The number of amides is 1. The van der Waals surface area contributed by atoms with Gasteiger partial charge in [-0.3, -0.25) is 10.1 Å². The molecule has 0 fully saturated rings. The van der Waals surface area contributed by atoms with Crippen LogP contribution in [0.5, 0.6) is 0 Å². The second-order valence-electron chi connectivity index (χ2n) is 6.21. The summed E-state index contributed by atoms with van der Waals surface area (Å²) in [7, 11) is 0. The molecule has 0 aliphatic rings. The van der Waals surface area contributed by atoms with Crippen molar-refractivity contribution in [2.45, 2.75) is 0 Å². The van der Waals surface area contributed by atoms with Crippen LogP contribution in [0.3, 0.4) is 0 Å². The summed E-state index contributed by atoms with van der Waals surface area (Å²) in [6, 6.07) is 15.6. The van der Waals surface area contributed by atoms with E-state index in [4.69, 9.17) is 35.4 Å². The van der Waals surface area contributed by atoms with Crippen LogP contribution in [0.4, 0.5) is 10.1 Å². The third kappa shape index (κ3) is 4.40. The number of hydrogen-bond acceptors (Lipinski definition) is 4. The average Bonchev–Trinajstić information content (AvgIpc) is 3.13. The molecule has 1 heterocycles. The summed E-state index contributed by atoms with van der Waals surface area (Å²) < 4.78 is 13.1. The third-order valence-electron chi connectivity index (χ3n) is 4.10. The van der Waals surface area contributed by atoms with E-state index in [0.29, 0.717) is 33.0 Å². The van der Waals surface area contributed by atoms with Gasteiger partial charge in [-0.1, -0.05) is 23.2 Å². The molecule has 4 aromatic rings.